The minimum atomic E-state index is -0.356. The Bertz CT molecular complexity index is 729. The molecule has 1 aliphatic rings. The minimum Gasteiger partial charge on any atom is -0.497 e. The molecule has 2 heterocycles. The first-order valence-electron chi connectivity index (χ1n) is 8.02. The second kappa shape index (κ2) is 6.51. The summed E-state index contributed by atoms with van der Waals surface area (Å²) in [4.78, 5) is 16.5. The van der Waals surface area contributed by atoms with Gasteiger partial charge in [0.1, 0.15) is 17.1 Å². The van der Waals surface area contributed by atoms with Gasteiger partial charge in [-0.25, -0.2) is 0 Å². The molecule has 0 unspecified atom stereocenters. The van der Waals surface area contributed by atoms with E-state index in [4.69, 9.17) is 9.47 Å². The number of rotatable bonds is 4. The molecule has 24 heavy (non-hydrogen) atoms. The highest BCUT2D eigenvalue weighted by molar-refractivity contribution is 5.79. The quantitative estimate of drug-likeness (QED) is 0.938. The zero-order valence-electron chi connectivity index (χ0n) is 14.2. The fraction of sp³-hybridized carbons (Fsp3) is 0.368. The number of nitrogens with one attached hydrogen (secondary N) is 1. The van der Waals surface area contributed by atoms with Crippen LogP contribution in [0.3, 0.4) is 0 Å². The summed E-state index contributed by atoms with van der Waals surface area (Å²) in [6, 6.07) is 9.37. The summed E-state index contributed by atoms with van der Waals surface area (Å²) in [6.45, 7) is 4.05. The maximum atomic E-state index is 12.4. The monoisotopic (exact) mass is 326 g/mol. The molecule has 0 saturated carbocycles. The average Bonchev–Trinajstić information content (AvgIpc) is 2.54. The number of ether oxygens (including phenoxy) is 2. The van der Waals surface area contributed by atoms with Crippen LogP contribution < -0.4 is 14.8 Å². The third kappa shape index (κ3) is 3.67. The molecule has 1 aromatic carbocycles. The summed E-state index contributed by atoms with van der Waals surface area (Å²) in [6.07, 6.45) is 4.45. The molecule has 0 bridgehead atoms. The van der Waals surface area contributed by atoms with Crippen molar-refractivity contribution in [1.29, 1.82) is 0 Å². The van der Waals surface area contributed by atoms with E-state index in [1.165, 1.54) is 0 Å². The van der Waals surface area contributed by atoms with E-state index in [9.17, 15) is 4.79 Å². The lowest BCUT2D eigenvalue weighted by Gasteiger charge is -2.38. The number of fused-ring (bicyclic) bond motifs is 1. The van der Waals surface area contributed by atoms with Crippen molar-refractivity contribution < 1.29 is 14.3 Å². The largest absolute Gasteiger partial charge is 0.497 e. The summed E-state index contributed by atoms with van der Waals surface area (Å²) in [5.41, 5.74) is 1.52. The molecule has 0 fully saturated rings. The normalized spacial score (nSPS) is 18.2. The summed E-state index contributed by atoms with van der Waals surface area (Å²) >= 11 is 0. The van der Waals surface area contributed by atoms with Gasteiger partial charge in [-0.15, -0.1) is 0 Å². The van der Waals surface area contributed by atoms with Crippen LogP contribution >= 0.6 is 0 Å². The molecule has 126 valence electrons. The Labute approximate surface area is 142 Å². The summed E-state index contributed by atoms with van der Waals surface area (Å²) < 4.78 is 11.3. The lowest BCUT2D eigenvalue weighted by Crippen LogP contribution is -2.41. The van der Waals surface area contributed by atoms with Crippen molar-refractivity contribution in [2.24, 2.45) is 0 Å². The zero-order valence-corrected chi connectivity index (χ0v) is 14.2. The third-order valence-corrected chi connectivity index (χ3v) is 4.10. The minimum absolute atomic E-state index is 0.0209. The van der Waals surface area contributed by atoms with Gasteiger partial charge in [0.2, 0.25) is 5.91 Å². The van der Waals surface area contributed by atoms with E-state index in [-0.39, 0.29) is 17.6 Å². The predicted molar refractivity (Wildman–Crippen MR) is 91.1 cm³/mol. The first kappa shape index (κ1) is 16.3. The highest BCUT2D eigenvalue weighted by Crippen LogP contribution is 2.41. The number of methoxy groups -OCH3 is 1. The van der Waals surface area contributed by atoms with Crippen LogP contribution in [-0.4, -0.2) is 23.6 Å². The number of benzene rings is 1. The van der Waals surface area contributed by atoms with Crippen molar-refractivity contribution in [1.82, 2.24) is 10.3 Å². The topological polar surface area (TPSA) is 60.5 Å². The second-order valence-electron chi connectivity index (χ2n) is 6.63. The van der Waals surface area contributed by atoms with Crippen LogP contribution in [-0.2, 0) is 11.2 Å². The van der Waals surface area contributed by atoms with Crippen LogP contribution in [0.4, 0.5) is 0 Å². The smallest absolute Gasteiger partial charge is 0.224 e. The number of aromatic nitrogens is 1. The molecule has 1 aliphatic heterocycles. The van der Waals surface area contributed by atoms with E-state index in [1.54, 1.807) is 19.5 Å². The molecule has 5 nitrogen and oxygen atoms in total. The molecule has 2 aromatic rings. The molecule has 1 atom stereocenters. The van der Waals surface area contributed by atoms with E-state index in [0.717, 1.165) is 22.6 Å². The molecule has 5 heteroatoms. The Morgan fingerprint density at radius 1 is 1.42 bits per heavy atom. The van der Waals surface area contributed by atoms with Crippen molar-refractivity contribution in [3.8, 4) is 11.5 Å². The fourth-order valence-corrected chi connectivity index (χ4v) is 3.02. The van der Waals surface area contributed by atoms with Gasteiger partial charge in [0.15, 0.2) is 0 Å². The fourth-order valence-electron chi connectivity index (χ4n) is 3.02. The van der Waals surface area contributed by atoms with Crippen LogP contribution in [0, 0.1) is 0 Å². The molecule has 0 aliphatic carbocycles. The van der Waals surface area contributed by atoms with Crippen LogP contribution in [0.5, 0.6) is 11.5 Å². The predicted octanol–water partition coefficient (Wildman–Crippen LogP) is 3.05. The van der Waals surface area contributed by atoms with Gasteiger partial charge in [0, 0.05) is 30.4 Å². The average molecular weight is 326 g/mol. The van der Waals surface area contributed by atoms with Gasteiger partial charge in [0.05, 0.1) is 19.6 Å². The Morgan fingerprint density at radius 3 is 2.96 bits per heavy atom. The second-order valence-corrected chi connectivity index (χ2v) is 6.63. The van der Waals surface area contributed by atoms with E-state index >= 15 is 0 Å². The van der Waals surface area contributed by atoms with Crippen molar-refractivity contribution in [3.05, 3.63) is 53.9 Å². The maximum Gasteiger partial charge on any atom is 0.224 e. The Balaban J connectivity index is 1.79. The van der Waals surface area contributed by atoms with Crippen LogP contribution in [0.15, 0.2) is 42.7 Å². The molecule has 3 rings (SSSR count). The number of pyridine rings is 1. The van der Waals surface area contributed by atoms with E-state index in [1.807, 2.05) is 44.2 Å². The van der Waals surface area contributed by atoms with Gasteiger partial charge in [-0.2, -0.15) is 0 Å². The number of nitrogens with zero attached hydrogens (tertiary/aromatic N) is 1. The van der Waals surface area contributed by atoms with Crippen LogP contribution in [0.2, 0.25) is 0 Å². The molecule has 0 saturated heterocycles. The van der Waals surface area contributed by atoms with Crippen molar-refractivity contribution in [2.45, 2.75) is 38.3 Å². The van der Waals surface area contributed by atoms with Crippen LogP contribution in [0.1, 0.15) is 37.4 Å². The number of carbonyl (C=O) groups excluding carboxylic acids is 1. The maximum absolute atomic E-state index is 12.4. The Hall–Kier alpha value is -2.56. The highest BCUT2D eigenvalue weighted by Gasteiger charge is 2.34. The molecule has 0 spiro atoms. The van der Waals surface area contributed by atoms with Gasteiger partial charge in [-0.3, -0.25) is 9.78 Å². The molecule has 0 radical (unpaired) electrons. The van der Waals surface area contributed by atoms with E-state index in [0.29, 0.717) is 12.8 Å². The molecular formula is C19H22N2O3. The van der Waals surface area contributed by atoms with Crippen molar-refractivity contribution >= 4 is 5.91 Å². The van der Waals surface area contributed by atoms with E-state index < -0.39 is 0 Å². The number of amides is 1. The van der Waals surface area contributed by atoms with Gasteiger partial charge < -0.3 is 14.8 Å². The first-order chi connectivity index (χ1) is 11.5. The number of hydrogen-bond donors (Lipinski definition) is 1. The Morgan fingerprint density at radius 2 is 2.25 bits per heavy atom. The van der Waals surface area contributed by atoms with Crippen LogP contribution in [0.25, 0.3) is 0 Å². The lowest BCUT2D eigenvalue weighted by atomic mass is 9.89. The van der Waals surface area contributed by atoms with Gasteiger partial charge in [-0.1, -0.05) is 6.07 Å². The van der Waals surface area contributed by atoms with Crippen molar-refractivity contribution in [3.63, 3.8) is 0 Å². The van der Waals surface area contributed by atoms with Gasteiger partial charge in [0.25, 0.3) is 0 Å². The highest BCUT2D eigenvalue weighted by atomic mass is 16.5. The SMILES string of the molecule is COc1ccc2c(c1)OC(C)(C)C[C@H]2NC(=O)Cc1cccnc1. The van der Waals surface area contributed by atoms with Crippen molar-refractivity contribution in [2.75, 3.05) is 7.11 Å². The lowest BCUT2D eigenvalue weighted by molar-refractivity contribution is -0.121. The molecule has 1 N–H and O–H groups in total. The third-order valence-electron chi connectivity index (χ3n) is 4.10. The Kier molecular flexibility index (Phi) is 4.42. The summed E-state index contributed by atoms with van der Waals surface area (Å²) in [5, 5.41) is 3.13. The number of hydrogen-bond acceptors (Lipinski definition) is 4. The van der Waals surface area contributed by atoms with Gasteiger partial charge >= 0.3 is 0 Å². The summed E-state index contributed by atoms with van der Waals surface area (Å²) in [7, 11) is 1.63. The molecule has 1 aromatic heterocycles. The summed E-state index contributed by atoms with van der Waals surface area (Å²) in [5.74, 6) is 1.48. The standard InChI is InChI=1S/C19H22N2O3/c1-19(2)11-16(15-7-6-14(23-3)10-17(15)24-19)21-18(22)9-13-5-4-8-20-12-13/h4-8,10,12,16H,9,11H2,1-3H3,(H,21,22)/t16-/m1/s1. The first-order valence-corrected chi connectivity index (χ1v) is 8.02. The zero-order chi connectivity index (χ0) is 17.2. The van der Waals surface area contributed by atoms with E-state index in [2.05, 4.69) is 10.3 Å². The molecule has 1 amide bonds. The molecular weight excluding hydrogens is 304 g/mol. The van der Waals surface area contributed by atoms with Gasteiger partial charge in [-0.05, 0) is 37.6 Å². The number of carbonyl (C=O) groups is 1.